The predicted octanol–water partition coefficient (Wildman–Crippen LogP) is 5.42. The third kappa shape index (κ3) is 5.40. The zero-order chi connectivity index (χ0) is 25.1. The first-order valence-corrected chi connectivity index (χ1v) is 14.8. The van der Waals surface area contributed by atoms with Crippen molar-refractivity contribution in [1.82, 2.24) is 14.7 Å². The number of hydrogen-bond donors (Lipinski definition) is 0. The van der Waals surface area contributed by atoms with Gasteiger partial charge in [-0.2, -0.15) is 0 Å². The minimum absolute atomic E-state index is 0.112. The van der Waals surface area contributed by atoms with Crippen LogP contribution in [0.15, 0.2) is 35.7 Å². The van der Waals surface area contributed by atoms with Gasteiger partial charge in [0.25, 0.3) is 0 Å². The van der Waals surface area contributed by atoms with E-state index in [0.717, 1.165) is 44.8 Å². The lowest BCUT2D eigenvalue weighted by molar-refractivity contribution is -0.138. The van der Waals surface area contributed by atoms with Crippen LogP contribution in [-0.2, 0) is 16.0 Å². The lowest BCUT2D eigenvalue weighted by Gasteiger charge is -2.41. The van der Waals surface area contributed by atoms with Crippen molar-refractivity contribution in [1.29, 1.82) is 0 Å². The van der Waals surface area contributed by atoms with E-state index in [1.807, 2.05) is 21.1 Å². The second kappa shape index (κ2) is 11.5. The number of amides is 2. The number of carbonyl (C=O) groups excluding carboxylic acids is 2. The van der Waals surface area contributed by atoms with Crippen LogP contribution in [0.3, 0.4) is 0 Å². The Morgan fingerprint density at radius 1 is 0.944 bits per heavy atom. The number of fused-ring (bicyclic) bond motifs is 1. The molecule has 3 heterocycles. The average Bonchev–Trinajstić information content (AvgIpc) is 3.53. The number of nitrogens with zero attached hydrogens (tertiary/aromatic N) is 3. The molecule has 5 nitrogen and oxygen atoms in total. The first-order chi connectivity index (χ1) is 17.5. The van der Waals surface area contributed by atoms with Crippen LogP contribution in [0.25, 0.3) is 0 Å². The first-order valence-electron chi connectivity index (χ1n) is 14.0. The van der Waals surface area contributed by atoms with Gasteiger partial charge in [-0.25, -0.2) is 0 Å². The summed E-state index contributed by atoms with van der Waals surface area (Å²) in [5.41, 5.74) is 3.93. The molecular weight excluding hydrogens is 466 g/mol. The van der Waals surface area contributed by atoms with Gasteiger partial charge in [-0.1, -0.05) is 49.9 Å². The van der Waals surface area contributed by atoms with E-state index in [4.69, 9.17) is 0 Å². The van der Waals surface area contributed by atoms with Crippen LogP contribution in [0.4, 0.5) is 0 Å². The summed E-state index contributed by atoms with van der Waals surface area (Å²) in [6.45, 7) is 7.97. The van der Waals surface area contributed by atoms with Gasteiger partial charge >= 0.3 is 0 Å². The monoisotopic (exact) mass is 507 g/mol. The molecule has 0 spiro atoms. The average molecular weight is 508 g/mol. The summed E-state index contributed by atoms with van der Waals surface area (Å²) in [4.78, 5) is 34.6. The molecule has 1 saturated heterocycles. The Morgan fingerprint density at radius 2 is 1.69 bits per heavy atom. The molecule has 194 valence electrons. The van der Waals surface area contributed by atoms with Gasteiger partial charge < -0.3 is 9.80 Å². The van der Waals surface area contributed by atoms with Crippen LogP contribution < -0.4 is 0 Å². The molecule has 2 aliphatic heterocycles. The summed E-state index contributed by atoms with van der Waals surface area (Å²) in [7, 11) is 0. The molecule has 5 rings (SSSR count). The fraction of sp³-hybridized carbons (Fsp3) is 0.600. The quantitative estimate of drug-likeness (QED) is 0.524. The highest BCUT2D eigenvalue weighted by atomic mass is 32.1. The minimum Gasteiger partial charge on any atom is -0.341 e. The summed E-state index contributed by atoms with van der Waals surface area (Å²) >= 11 is 1.84. The van der Waals surface area contributed by atoms with E-state index in [2.05, 4.69) is 54.5 Å². The number of rotatable bonds is 6. The standard InChI is InChI=1S/C30H41N3O2S/c1-22-8-3-6-11-25(22)29-26-15-21-36-27(26)14-18-33(29)23(2)30(35)32-17-7-16-31(19-20-32)28(34)13-12-24-9-4-5-10-24/h3,6,8,11,15,21,23-24,29H,4-5,7,9-10,12-14,16-20H2,1-2H3/t23-,29+/m0/s1. The predicted molar refractivity (Wildman–Crippen MR) is 146 cm³/mol. The number of benzene rings is 1. The van der Waals surface area contributed by atoms with Gasteiger partial charge in [0.05, 0.1) is 12.1 Å². The highest BCUT2D eigenvalue weighted by Gasteiger charge is 2.37. The Hall–Kier alpha value is -2.18. The zero-order valence-corrected chi connectivity index (χ0v) is 22.8. The van der Waals surface area contributed by atoms with E-state index in [0.29, 0.717) is 19.5 Å². The number of thiophene rings is 1. The van der Waals surface area contributed by atoms with E-state index in [9.17, 15) is 9.59 Å². The number of hydrogen-bond acceptors (Lipinski definition) is 4. The van der Waals surface area contributed by atoms with Crippen molar-refractivity contribution >= 4 is 23.2 Å². The maximum Gasteiger partial charge on any atom is 0.239 e. The third-order valence-electron chi connectivity index (χ3n) is 8.74. The Morgan fingerprint density at radius 3 is 2.50 bits per heavy atom. The third-order valence-corrected chi connectivity index (χ3v) is 9.74. The van der Waals surface area contributed by atoms with E-state index < -0.39 is 0 Å². The molecule has 6 heteroatoms. The number of carbonyl (C=O) groups is 2. The molecule has 0 unspecified atom stereocenters. The first kappa shape index (κ1) is 25.5. The Balaban J connectivity index is 1.25. The summed E-state index contributed by atoms with van der Waals surface area (Å²) in [5.74, 6) is 1.23. The summed E-state index contributed by atoms with van der Waals surface area (Å²) < 4.78 is 0. The van der Waals surface area contributed by atoms with Gasteiger partial charge in [-0.3, -0.25) is 14.5 Å². The Labute approximate surface area is 220 Å². The van der Waals surface area contributed by atoms with Gasteiger partial charge in [0, 0.05) is 44.0 Å². The van der Waals surface area contributed by atoms with Gasteiger partial charge in [-0.05, 0) is 67.2 Å². The molecule has 0 bridgehead atoms. The molecule has 2 amide bonds. The molecule has 3 aliphatic rings. The Bertz CT molecular complexity index is 1060. The second-order valence-corrected chi connectivity index (χ2v) is 12.0. The topological polar surface area (TPSA) is 43.9 Å². The smallest absolute Gasteiger partial charge is 0.239 e. The molecule has 1 saturated carbocycles. The van der Waals surface area contributed by atoms with E-state index in [1.54, 1.807) is 0 Å². The normalized spacial score (nSPS) is 22.3. The van der Waals surface area contributed by atoms with E-state index in [-0.39, 0.29) is 23.9 Å². The van der Waals surface area contributed by atoms with Crippen LogP contribution in [0.5, 0.6) is 0 Å². The Kier molecular flexibility index (Phi) is 8.12. The van der Waals surface area contributed by atoms with Crippen LogP contribution in [0, 0.1) is 12.8 Å². The maximum absolute atomic E-state index is 13.8. The minimum atomic E-state index is -0.202. The molecule has 0 N–H and O–H groups in total. The lowest BCUT2D eigenvalue weighted by atomic mass is 9.89. The number of aryl methyl sites for hydroxylation is 1. The molecular formula is C30H41N3O2S. The van der Waals surface area contributed by atoms with Crippen molar-refractivity contribution in [3.8, 4) is 0 Å². The molecule has 2 fully saturated rings. The summed E-state index contributed by atoms with van der Waals surface area (Å²) in [5, 5.41) is 2.19. The molecule has 1 aromatic heterocycles. The molecule has 1 aliphatic carbocycles. The van der Waals surface area contributed by atoms with E-state index in [1.165, 1.54) is 47.3 Å². The van der Waals surface area contributed by atoms with Crippen LogP contribution in [0.1, 0.15) is 79.5 Å². The maximum atomic E-state index is 13.8. The van der Waals surface area contributed by atoms with E-state index >= 15 is 0 Å². The van der Waals surface area contributed by atoms with Crippen molar-refractivity contribution in [2.45, 2.75) is 77.3 Å². The van der Waals surface area contributed by atoms with Crippen molar-refractivity contribution in [2.24, 2.45) is 5.92 Å². The van der Waals surface area contributed by atoms with Crippen molar-refractivity contribution in [3.63, 3.8) is 0 Å². The second-order valence-electron chi connectivity index (χ2n) is 11.0. The van der Waals surface area contributed by atoms with Gasteiger partial charge in [-0.15, -0.1) is 11.3 Å². The van der Waals surface area contributed by atoms with Crippen LogP contribution in [-0.4, -0.2) is 65.3 Å². The molecule has 2 aromatic rings. The summed E-state index contributed by atoms with van der Waals surface area (Å²) in [6.07, 6.45) is 8.81. The van der Waals surface area contributed by atoms with Crippen molar-refractivity contribution < 1.29 is 9.59 Å². The largest absolute Gasteiger partial charge is 0.341 e. The van der Waals surface area contributed by atoms with Gasteiger partial charge in [0.1, 0.15) is 0 Å². The van der Waals surface area contributed by atoms with Crippen LogP contribution >= 0.6 is 11.3 Å². The van der Waals surface area contributed by atoms with Gasteiger partial charge in [0.2, 0.25) is 11.8 Å². The highest BCUT2D eigenvalue weighted by molar-refractivity contribution is 7.10. The molecule has 0 radical (unpaired) electrons. The SMILES string of the molecule is Cc1ccccc1[C@@H]1c2ccsc2CCN1[C@@H](C)C(=O)N1CCCN(C(=O)CCC2CCCC2)CC1. The molecule has 2 atom stereocenters. The fourth-order valence-electron chi connectivity index (χ4n) is 6.57. The fourth-order valence-corrected chi connectivity index (χ4v) is 7.47. The lowest BCUT2D eigenvalue weighted by Crippen LogP contribution is -2.51. The molecule has 1 aromatic carbocycles. The van der Waals surface area contributed by atoms with Crippen LogP contribution in [0.2, 0.25) is 0 Å². The molecule has 36 heavy (non-hydrogen) atoms. The van der Waals surface area contributed by atoms with Gasteiger partial charge in [0.15, 0.2) is 0 Å². The summed E-state index contributed by atoms with van der Waals surface area (Å²) in [6, 6.07) is 10.8. The zero-order valence-electron chi connectivity index (χ0n) is 22.0. The van der Waals surface area contributed by atoms with Crippen molar-refractivity contribution in [2.75, 3.05) is 32.7 Å². The van der Waals surface area contributed by atoms with Crippen molar-refractivity contribution in [3.05, 3.63) is 57.3 Å². The highest BCUT2D eigenvalue weighted by Crippen LogP contribution is 2.40.